The van der Waals surface area contributed by atoms with Crippen molar-refractivity contribution in [2.24, 2.45) is 0 Å². The van der Waals surface area contributed by atoms with E-state index in [4.69, 9.17) is 18.5 Å². The lowest BCUT2D eigenvalue weighted by atomic mass is 10.0. The monoisotopic (exact) mass is 774 g/mol. The molecule has 0 aromatic rings. The highest BCUT2D eigenvalue weighted by Crippen LogP contribution is 2.38. The molecule has 0 aliphatic rings. The highest BCUT2D eigenvalue weighted by molar-refractivity contribution is 7.45. The number of ether oxygens (including phenoxy) is 2. The zero-order valence-electron chi connectivity index (χ0n) is 35.7. The molecule has 53 heavy (non-hydrogen) atoms. The number of carbonyl (C=O) groups excluding carboxylic acids is 1. The van der Waals surface area contributed by atoms with E-state index in [1.807, 2.05) is 21.1 Å². The molecule has 0 aromatic heterocycles. The Kier molecular flexibility index (Phi) is 37.6. The van der Waals surface area contributed by atoms with E-state index in [1.165, 1.54) is 141 Å². The minimum absolute atomic E-state index is 0.0277. The Morgan fingerprint density at radius 1 is 0.566 bits per heavy atom. The SMILES string of the molecule is CCCCCCC/C=C\CCCCCCCC(=O)OC(COCCCCCCCCCCCCCCCCCCC)COP(=O)([O-])OCC[N+](C)(C)C. The summed E-state index contributed by atoms with van der Waals surface area (Å²) in [5, 5.41) is 0. The minimum atomic E-state index is -4.52. The van der Waals surface area contributed by atoms with Crippen LogP contribution in [0.15, 0.2) is 12.2 Å². The Balaban J connectivity index is 4.19. The number of hydrogen-bond donors (Lipinski definition) is 0. The number of likely N-dealkylation sites (N-methyl/N-ethyl adjacent to an activating group) is 1. The summed E-state index contributed by atoms with van der Waals surface area (Å²) in [5.74, 6) is -0.339. The van der Waals surface area contributed by atoms with Crippen LogP contribution in [0, 0.1) is 0 Å². The summed E-state index contributed by atoms with van der Waals surface area (Å²) in [4.78, 5) is 25.0. The van der Waals surface area contributed by atoms with Crippen molar-refractivity contribution in [1.82, 2.24) is 0 Å². The van der Waals surface area contributed by atoms with Gasteiger partial charge in [-0.25, -0.2) is 0 Å². The van der Waals surface area contributed by atoms with Crippen LogP contribution in [0.1, 0.15) is 206 Å². The van der Waals surface area contributed by atoms with Crippen molar-refractivity contribution in [1.29, 1.82) is 0 Å². The quantitative estimate of drug-likeness (QED) is 0.0200. The first-order valence-corrected chi connectivity index (χ1v) is 23.9. The molecule has 0 saturated heterocycles. The van der Waals surface area contributed by atoms with Crippen molar-refractivity contribution in [2.75, 3.05) is 54.1 Å². The smallest absolute Gasteiger partial charge is 0.306 e. The van der Waals surface area contributed by atoms with E-state index >= 15 is 0 Å². The van der Waals surface area contributed by atoms with E-state index in [0.29, 0.717) is 24.1 Å². The van der Waals surface area contributed by atoms with Crippen LogP contribution in [-0.4, -0.2) is 70.7 Å². The third-order valence-corrected chi connectivity index (χ3v) is 10.8. The van der Waals surface area contributed by atoms with Crippen LogP contribution in [0.4, 0.5) is 0 Å². The van der Waals surface area contributed by atoms with E-state index in [9.17, 15) is 14.3 Å². The average Bonchev–Trinajstić information content (AvgIpc) is 3.11. The predicted molar refractivity (Wildman–Crippen MR) is 222 cm³/mol. The highest BCUT2D eigenvalue weighted by Gasteiger charge is 2.20. The van der Waals surface area contributed by atoms with Gasteiger partial charge in [0.25, 0.3) is 7.82 Å². The lowest BCUT2D eigenvalue weighted by Gasteiger charge is -2.28. The fourth-order valence-corrected chi connectivity index (χ4v) is 7.03. The summed E-state index contributed by atoms with van der Waals surface area (Å²) in [6.45, 7) is 5.43. The number of allylic oxidation sites excluding steroid dienone is 2. The standard InChI is InChI=1S/C44H88NO7P/c1-6-8-10-12-14-16-18-20-22-23-24-26-28-30-32-34-36-39-49-41-43(42-51-53(47,48)50-40-38-45(3,4)5)52-44(46)37-35-33-31-29-27-25-21-19-17-15-13-11-9-7-2/h19,21,43H,6-18,20,22-42H2,1-5H3/b21-19-. The molecule has 0 N–H and O–H groups in total. The van der Waals surface area contributed by atoms with Crippen molar-refractivity contribution in [3.63, 3.8) is 0 Å². The maximum absolute atomic E-state index is 12.7. The molecule has 2 atom stereocenters. The molecule has 0 bridgehead atoms. The third kappa shape index (κ3) is 42.2. The lowest BCUT2D eigenvalue weighted by molar-refractivity contribution is -0.870. The van der Waals surface area contributed by atoms with Gasteiger partial charge in [-0.3, -0.25) is 9.36 Å². The van der Waals surface area contributed by atoms with Crippen LogP contribution in [0.5, 0.6) is 0 Å². The van der Waals surface area contributed by atoms with Crippen LogP contribution >= 0.6 is 7.82 Å². The number of rotatable bonds is 42. The normalized spacial score (nSPS) is 13.8. The van der Waals surface area contributed by atoms with Crippen molar-refractivity contribution in [3.05, 3.63) is 12.2 Å². The molecular weight excluding hydrogens is 685 g/mol. The molecular formula is C44H88NO7P. The van der Waals surface area contributed by atoms with E-state index in [-0.39, 0.29) is 25.8 Å². The molecule has 9 heteroatoms. The molecule has 0 aromatic carbocycles. The molecule has 316 valence electrons. The zero-order chi connectivity index (χ0) is 39.1. The molecule has 0 fully saturated rings. The first-order valence-electron chi connectivity index (χ1n) is 22.4. The summed E-state index contributed by atoms with van der Waals surface area (Å²) in [7, 11) is 1.36. The van der Waals surface area contributed by atoms with Crippen molar-refractivity contribution >= 4 is 13.8 Å². The molecule has 8 nitrogen and oxygen atoms in total. The van der Waals surface area contributed by atoms with Crippen LogP contribution in [-0.2, 0) is 27.9 Å². The first kappa shape index (κ1) is 52.2. The average molecular weight is 774 g/mol. The topological polar surface area (TPSA) is 94.1 Å². The molecule has 0 aliphatic carbocycles. The second-order valence-electron chi connectivity index (χ2n) is 16.4. The van der Waals surface area contributed by atoms with Gasteiger partial charge in [-0.1, -0.05) is 174 Å². The maximum atomic E-state index is 12.7. The predicted octanol–water partition coefficient (Wildman–Crippen LogP) is 12.4. The molecule has 2 unspecified atom stereocenters. The van der Waals surface area contributed by atoms with Crippen LogP contribution < -0.4 is 4.89 Å². The van der Waals surface area contributed by atoms with Crippen molar-refractivity contribution in [2.45, 2.75) is 213 Å². The molecule has 0 spiro atoms. The molecule has 0 rings (SSSR count). The van der Waals surface area contributed by atoms with Gasteiger partial charge in [0.05, 0.1) is 34.4 Å². The molecule has 0 amide bonds. The number of hydrogen-bond acceptors (Lipinski definition) is 7. The van der Waals surface area contributed by atoms with Gasteiger partial charge < -0.3 is 27.9 Å². The highest BCUT2D eigenvalue weighted by atomic mass is 31.2. The van der Waals surface area contributed by atoms with Crippen LogP contribution in [0.3, 0.4) is 0 Å². The van der Waals surface area contributed by atoms with Crippen molar-refractivity contribution < 1.29 is 37.3 Å². The first-order chi connectivity index (χ1) is 25.6. The van der Waals surface area contributed by atoms with Gasteiger partial charge in [0.15, 0.2) is 0 Å². The number of nitrogens with zero attached hydrogens (tertiary/aromatic N) is 1. The Morgan fingerprint density at radius 2 is 0.981 bits per heavy atom. The number of phosphoric acid groups is 1. The zero-order valence-corrected chi connectivity index (χ0v) is 36.6. The summed E-state index contributed by atoms with van der Waals surface area (Å²) >= 11 is 0. The fourth-order valence-electron chi connectivity index (χ4n) is 6.31. The Labute approximate surface area is 329 Å². The van der Waals surface area contributed by atoms with Gasteiger partial charge in [-0.2, -0.15) is 0 Å². The second-order valence-corrected chi connectivity index (χ2v) is 17.8. The number of esters is 1. The Hall–Kier alpha value is -0.760. The van der Waals surface area contributed by atoms with E-state index < -0.39 is 13.9 Å². The van der Waals surface area contributed by atoms with Gasteiger partial charge in [0, 0.05) is 13.0 Å². The van der Waals surface area contributed by atoms with Gasteiger partial charge in [0.1, 0.15) is 19.3 Å². The maximum Gasteiger partial charge on any atom is 0.306 e. The van der Waals surface area contributed by atoms with Crippen LogP contribution in [0.2, 0.25) is 0 Å². The van der Waals surface area contributed by atoms with Gasteiger partial charge >= 0.3 is 5.97 Å². The minimum Gasteiger partial charge on any atom is -0.756 e. The molecule has 0 saturated carbocycles. The molecule has 0 radical (unpaired) electrons. The van der Waals surface area contributed by atoms with Gasteiger partial charge in [-0.05, 0) is 38.5 Å². The fraction of sp³-hybridized carbons (Fsp3) is 0.932. The second kappa shape index (κ2) is 38.1. The van der Waals surface area contributed by atoms with E-state index in [1.54, 1.807) is 0 Å². The number of carbonyl (C=O) groups is 1. The summed E-state index contributed by atoms with van der Waals surface area (Å²) in [5.41, 5.74) is 0. The Morgan fingerprint density at radius 3 is 1.43 bits per heavy atom. The number of phosphoric ester groups is 1. The number of unbranched alkanes of at least 4 members (excludes halogenated alkanes) is 26. The van der Waals surface area contributed by atoms with Gasteiger partial charge in [-0.15, -0.1) is 0 Å². The summed E-state index contributed by atoms with van der Waals surface area (Å²) in [6, 6.07) is 0. The van der Waals surface area contributed by atoms with E-state index in [2.05, 4.69) is 26.0 Å². The van der Waals surface area contributed by atoms with Crippen molar-refractivity contribution in [3.8, 4) is 0 Å². The largest absolute Gasteiger partial charge is 0.756 e. The van der Waals surface area contributed by atoms with E-state index in [0.717, 1.165) is 44.9 Å². The molecule has 0 heterocycles. The van der Waals surface area contributed by atoms with Crippen LogP contribution in [0.25, 0.3) is 0 Å². The summed E-state index contributed by atoms with van der Waals surface area (Å²) in [6.07, 6.45) is 40.7. The number of quaternary nitrogens is 1. The Bertz CT molecular complexity index is 863. The summed E-state index contributed by atoms with van der Waals surface area (Å²) < 4.78 is 34.6. The molecule has 0 aliphatic heterocycles. The lowest BCUT2D eigenvalue weighted by Crippen LogP contribution is -2.37. The third-order valence-electron chi connectivity index (χ3n) is 9.82. The van der Waals surface area contributed by atoms with Gasteiger partial charge in [0.2, 0.25) is 0 Å².